The van der Waals surface area contributed by atoms with E-state index in [1.54, 1.807) is 42.7 Å². The summed E-state index contributed by atoms with van der Waals surface area (Å²) in [6.07, 6.45) is 6.50. The van der Waals surface area contributed by atoms with Crippen molar-refractivity contribution in [3.8, 4) is 22.9 Å². The highest BCUT2D eigenvalue weighted by Gasteiger charge is 2.25. The molecule has 10 nitrogen and oxygen atoms in total. The molecule has 0 saturated carbocycles. The second-order valence-electron chi connectivity index (χ2n) is 10.7. The number of benzene rings is 2. The molecule has 0 aliphatic carbocycles. The van der Waals surface area contributed by atoms with E-state index in [2.05, 4.69) is 25.3 Å². The Morgan fingerprint density at radius 3 is 2.72 bits per heavy atom. The summed E-state index contributed by atoms with van der Waals surface area (Å²) in [6, 6.07) is 12.0. The molecular formula is C30H34ClFN6O4S. The van der Waals surface area contributed by atoms with Gasteiger partial charge in [0, 0.05) is 42.4 Å². The summed E-state index contributed by atoms with van der Waals surface area (Å²) in [5.41, 5.74) is 1.93. The average molecular weight is 629 g/mol. The van der Waals surface area contributed by atoms with Gasteiger partial charge >= 0.3 is 0 Å². The van der Waals surface area contributed by atoms with Crippen LogP contribution in [0.4, 0.5) is 16.0 Å². The van der Waals surface area contributed by atoms with Gasteiger partial charge in [0.2, 0.25) is 21.9 Å². The first-order valence-corrected chi connectivity index (χ1v) is 15.8. The lowest BCUT2D eigenvalue weighted by Crippen LogP contribution is -2.38. The maximum atomic E-state index is 15.1. The van der Waals surface area contributed by atoms with Gasteiger partial charge in [0.1, 0.15) is 11.6 Å². The van der Waals surface area contributed by atoms with Crippen molar-refractivity contribution < 1.29 is 22.3 Å². The van der Waals surface area contributed by atoms with Gasteiger partial charge in [0.25, 0.3) is 0 Å². The summed E-state index contributed by atoms with van der Waals surface area (Å²) in [4.78, 5) is 13.6. The molecule has 6 rings (SSSR count). The molecule has 2 fully saturated rings. The molecule has 228 valence electrons. The molecule has 2 aliphatic heterocycles. The third-order valence-corrected chi connectivity index (χ3v) is 8.84. The van der Waals surface area contributed by atoms with Gasteiger partial charge in [-0.3, -0.25) is 4.72 Å². The molecule has 2 aromatic heterocycles. The molecule has 2 aromatic carbocycles. The Kier molecular flexibility index (Phi) is 9.60. The van der Waals surface area contributed by atoms with Crippen LogP contribution in [0, 0.1) is 12.7 Å². The number of halogens is 2. The third kappa shape index (κ3) is 7.15. The quantitative estimate of drug-likeness (QED) is 0.222. The van der Waals surface area contributed by atoms with E-state index in [0.29, 0.717) is 52.6 Å². The van der Waals surface area contributed by atoms with Gasteiger partial charge in [-0.05, 0) is 75.0 Å². The Morgan fingerprint density at radius 1 is 1.07 bits per heavy atom. The zero-order valence-corrected chi connectivity index (χ0v) is 25.3. The SMILES string of the molecule is Cc1ccc2c(NS(=O)(=O)CC3CCCO3)c(F)ccc2c1Oc1ncccc1-c1ccnc(NC2CCCNC2)n1.Cl. The van der Waals surface area contributed by atoms with E-state index in [1.165, 1.54) is 6.07 Å². The van der Waals surface area contributed by atoms with Gasteiger partial charge in [-0.15, -0.1) is 12.4 Å². The molecule has 43 heavy (non-hydrogen) atoms. The molecule has 2 saturated heterocycles. The van der Waals surface area contributed by atoms with Gasteiger partial charge in [-0.2, -0.15) is 0 Å². The molecule has 13 heteroatoms. The van der Waals surface area contributed by atoms with Crippen LogP contribution in [-0.2, 0) is 14.8 Å². The van der Waals surface area contributed by atoms with Gasteiger partial charge in [0.05, 0.1) is 28.8 Å². The molecule has 3 N–H and O–H groups in total. The molecular weight excluding hydrogens is 595 g/mol. The van der Waals surface area contributed by atoms with E-state index in [-0.39, 0.29) is 29.9 Å². The summed E-state index contributed by atoms with van der Waals surface area (Å²) in [5.74, 6) is 0.353. The van der Waals surface area contributed by atoms with Crippen molar-refractivity contribution in [2.75, 3.05) is 35.5 Å². The predicted molar refractivity (Wildman–Crippen MR) is 167 cm³/mol. The topological polar surface area (TPSA) is 127 Å². The molecule has 2 aliphatic rings. The number of hydrogen-bond donors (Lipinski definition) is 3. The molecule has 0 spiro atoms. The Bertz CT molecular complexity index is 1700. The molecule has 0 amide bonds. The van der Waals surface area contributed by atoms with Crippen molar-refractivity contribution in [3.05, 3.63) is 66.2 Å². The first-order valence-electron chi connectivity index (χ1n) is 14.1. The largest absolute Gasteiger partial charge is 0.437 e. The Balaban J connectivity index is 0.00000368. The average Bonchev–Trinajstić information content (AvgIpc) is 3.49. The van der Waals surface area contributed by atoms with Crippen molar-refractivity contribution in [1.29, 1.82) is 0 Å². The van der Waals surface area contributed by atoms with E-state index >= 15 is 4.39 Å². The van der Waals surface area contributed by atoms with E-state index in [0.717, 1.165) is 37.9 Å². The number of piperidine rings is 1. The van der Waals surface area contributed by atoms with Crippen molar-refractivity contribution in [1.82, 2.24) is 20.3 Å². The van der Waals surface area contributed by atoms with Crippen LogP contribution >= 0.6 is 12.4 Å². The van der Waals surface area contributed by atoms with E-state index in [1.807, 2.05) is 13.0 Å². The van der Waals surface area contributed by atoms with Crippen LogP contribution in [0.25, 0.3) is 22.0 Å². The molecule has 0 radical (unpaired) electrons. The van der Waals surface area contributed by atoms with Crippen LogP contribution in [0.2, 0.25) is 0 Å². The van der Waals surface area contributed by atoms with Crippen LogP contribution in [0.5, 0.6) is 11.6 Å². The van der Waals surface area contributed by atoms with Gasteiger partial charge in [-0.25, -0.2) is 27.8 Å². The number of nitrogens with zero attached hydrogens (tertiary/aromatic N) is 3. The monoisotopic (exact) mass is 628 g/mol. The Morgan fingerprint density at radius 2 is 1.93 bits per heavy atom. The number of rotatable bonds is 9. The van der Waals surface area contributed by atoms with Crippen LogP contribution < -0.4 is 20.1 Å². The van der Waals surface area contributed by atoms with E-state index in [9.17, 15) is 8.42 Å². The minimum Gasteiger partial charge on any atom is -0.437 e. The Hall–Kier alpha value is -3.58. The smallest absolute Gasteiger partial charge is 0.235 e. The Labute approximate surface area is 256 Å². The van der Waals surface area contributed by atoms with E-state index < -0.39 is 21.9 Å². The number of hydrogen-bond acceptors (Lipinski definition) is 9. The van der Waals surface area contributed by atoms with Gasteiger partial charge in [-0.1, -0.05) is 12.1 Å². The highest BCUT2D eigenvalue weighted by Crippen LogP contribution is 2.39. The maximum Gasteiger partial charge on any atom is 0.235 e. The number of nitrogens with one attached hydrogen (secondary N) is 3. The minimum absolute atomic E-state index is 0. The number of ether oxygens (including phenoxy) is 2. The van der Waals surface area contributed by atoms with Gasteiger partial charge < -0.3 is 20.1 Å². The van der Waals surface area contributed by atoms with E-state index in [4.69, 9.17) is 14.5 Å². The lowest BCUT2D eigenvalue weighted by atomic mass is 10.0. The lowest BCUT2D eigenvalue weighted by molar-refractivity contribution is 0.127. The van der Waals surface area contributed by atoms with Crippen molar-refractivity contribution in [2.24, 2.45) is 0 Å². The summed E-state index contributed by atoms with van der Waals surface area (Å²) in [7, 11) is -3.86. The first kappa shape index (κ1) is 30.9. The summed E-state index contributed by atoms with van der Waals surface area (Å²) in [5, 5.41) is 7.69. The molecule has 0 bridgehead atoms. The summed E-state index contributed by atoms with van der Waals surface area (Å²) >= 11 is 0. The zero-order chi connectivity index (χ0) is 29.1. The van der Waals surface area contributed by atoms with Crippen molar-refractivity contribution in [3.63, 3.8) is 0 Å². The highest BCUT2D eigenvalue weighted by molar-refractivity contribution is 7.92. The summed E-state index contributed by atoms with van der Waals surface area (Å²) < 4.78 is 55.3. The predicted octanol–water partition coefficient (Wildman–Crippen LogP) is 5.44. The number of aromatic nitrogens is 3. The van der Waals surface area contributed by atoms with Crippen LogP contribution in [0.15, 0.2) is 54.9 Å². The van der Waals surface area contributed by atoms with Crippen LogP contribution in [-0.4, -0.2) is 61.0 Å². The number of fused-ring (bicyclic) bond motifs is 1. The maximum absolute atomic E-state index is 15.1. The van der Waals surface area contributed by atoms with Gasteiger partial charge in [0.15, 0.2) is 0 Å². The normalized spacial score (nSPS) is 18.7. The fraction of sp³-hybridized carbons (Fsp3) is 0.367. The number of pyridine rings is 1. The standard InChI is InChI=1S/C30H33FN6O4S.ClH/c1-19-8-9-22-23(10-11-25(31)27(22)37-42(38,39)18-21-6-4-16-40-21)28(19)41-29-24(7-3-14-33-29)26-12-15-34-30(36-26)35-20-5-2-13-32-17-20;/h3,7-12,14-15,20-21,32,37H,2,4-6,13,16-18H2,1H3,(H,34,35,36);1H. The fourth-order valence-electron chi connectivity index (χ4n) is 5.42. The molecule has 4 heterocycles. The zero-order valence-electron chi connectivity index (χ0n) is 23.7. The molecule has 2 atom stereocenters. The third-order valence-electron chi connectivity index (χ3n) is 7.52. The minimum atomic E-state index is -3.86. The number of aryl methyl sites for hydroxylation is 1. The number of sulfonamides is 1. The highest BCUT2D eigenvalue weighted by atomic mass is 35.5. The second-order valence-corrected chi connectivity index (χ2v) is 12.4. The summed E-state index contributed by atoms with van der Waals surface area (Å²) in [6.45, 7) is 4.26. The molecule has 4 aromatic rings. The van der Waals surface area contributed by atoms with Crippen LogP contribution in [0.1, 0.15) is 31.2 Å². The first-order chi connectivity index (χ1) is 20.4. The second kappa shape index (κ2) is 13.4. The molecule has 2 unspecified atom stereocenters. The van der Waals surface area contributed by atoms with Crippen molar-refractivity contribution in [2.45, 2.75) is 44.8 Å². The number of anilines is 2. The van der Waals surface area contributed by atoms with Crippen LogP contribution in [0.3, 0.4) is 0 Å². The lowest BCUT2D eigenvalue weighted by Gasteiger charge is -2.23. The fourth-order valence-corrected chi connectivity index (χ4v) is 6.77. The van der Waals surface area contributed by atoms with Crippen molar-refractivity contribution >= 4 is 44.8 Å².